The molecule has 2 nitrogen and oxygen atoms in total. The van der Waals surface area contributed by atoms with Gasteiger partial charge in [0.25, 0.3) is 0 Å². The van der Waals surface area contributed by atoms with Gasteiger partial charge >= 0.3 is 0 Å². The minimum Gasteiger partial charge on any atom is -0.313 e. The smallest absolute Gasteiger partial charge is 0.0340 e. The van der Waals surface area contributed by atoms with Gasteiger partial charge in [0.1, 0.15) is 0 Å². The Bertz CT molecular complexity index is 606. The van der Waals surface area contributed by atoms with Crippen LogP contribution in [0.25, 0.3) is 0 Å². The number of nitrogens with one attached hydrogen (secondary N) is 2. The molecule has 2 N–H and O–H groups in total. The summed E-state index contributed by atoms with van der Waals surface area (Å²) in [7, 11) is 0. The van der Waals surface area contributed by atoms with Crippen LogP contribution in [0.5, 0.6) is 0 Å². The maximum atomic E-state index is 3.83. The van der Waals surface area contributed by atoms with Gasteiger partial charge in [0.15, 0.2) is 0 Å². The Morgan fingerprint density at radius 2 is 1.86 bits per heavy atom. The predicted molar refractivity (Wildman–Crippen MR) is 88.2 cm³/mol. The molecule has 2 aromatic rings. The molecule has 2 atom stereocenters. The molecular weight excluding hydrogens is 256 g/mol. The first kappa shape index (κ1) is 14.3. The molecule has 3 rings (SSSR count). The molecule has 2 aromatic carbocycles. The van der Waals surface area contributed by atoms with Crippen molar-refractivity contribution < 1.29 is 0 Å². The molecule has 1 heterocycles. The van der Waals surface area contributed by atoms with E-state index in [4.69, 9.17) is 0 Å². The molecule has 0 saturated carbocycles. The van der Waals surface area contributed by atoms with E-state index in [9.17, 15) is 0 Å². The molecule has 0 spiro atoms. The van der Waals surface area contributed by atoms with Gasteiger partial charge in [-0.15, -0.1) is 0 Å². The highest BCUT2D eigenvalue weighted by Gasteiger charge is 2.20. The van der Waals surface area contributed by atoms with Gasteiger partial charge in [-0.3, -0.25) is 0 Å². The van der Waals surface area contributed by atoms with E-state index >= 15 is 0 Å². The van der Waals surface area contributed by atoms with Crippen molar-refractivity contribution in [1.29, 1.82) is 0 Å². The van der Waals surface area contributed by atoms with Crippen molar-refractivity contribution in [2.75, 3.05) is 6.54 Å². The highest BCUT2D eigenvalue weighted by molar-refractivity contribution is 5.33. The van der Waals surface area contributed by atoms with Gasteiger partial charge in [0.05, 0.1) is 0 Å². The zero-order valence-electron chi connectivity index (χ0n) is 12.9. The molecule has 2 heteroatoms. The lowest BCUT2D eigenvalue weighted by Gasteiger charge is -2.25. The van der Waals surface area contributed by atoms with Crippen molar-refractivity contribution in [3.8, 4) is 0 Å². The molecule has 110 valence electrons. The van der Waals surface area contributed by atoms with E-state index in [1.807, 2.05) is 0 Å². The Kier molecular flexibility index (Phi) is 4.37. The number of hydrogen-bond acceptors (Lipinski definition) is 2. The first-order valence-electron chi connectivity index (χ1n) is 7.86. The van der Waals surface area contributed by atoms with Crippen LogP contribution in [-0.4, -0.2) is 6.54 Å². The first-order valence-corrected chi connectivity index (χ1v) is 7.86. The third-order valence-electron chi connectivity index (χ3n) is 4.46. The van der Waals surface area contributed by atoms with E-state index in [0.29, 0.717) is 12.1 Å². The summed E-state index contributed by atoms with van der Waals surface area (Å²) in [6.07, 6.45) is 1.13. The molecule has 0 saturated heterocycles. The van der Waals surface area contributed by atoms with Gasteiger partial charge in [-0.1, -0.05) is 48.5 Å². The number of aryl methyl sites for hydroxylation is 1. The van der Waals surface area contributed by atoms with E-state index in [1.165, 1.54) is 22.3 Å². The SMILES string of the molecule is Cc1ccccc1[C@@H](C)NC1CCNCc2ccccc21. The molecule has 0 radical (unpaired) electrons. The highest BCUT2D eigenvalue weighted by atomic mass is 15.0. The number of fused-ring (bicyclic) bond motifs is 1. The molecule has 0 aromatic heterocycles. The van der Waals surface area contributed by atoms with Crippen LogP contribution in [0.3, 0.4) is 0 Å². The van der Waals surface area contributed by atoms with Crippen molar-refractivity contribution in [3.05, 3.63) is 70.8 Å². The van der Waals surface area contributed by atoms with Crippen LogP contribution in [0.4, 0.5) is 0 Å². The topological polar surface area (TPSA) is 24.1 Å². The highest BCUT2D eigenvalue weighted by Crippen LogP contribution is 2.27. The Balaban J connectivity index is 1.83. The van der Waals surface area contributed by atoms with E-state index in [-0.39, 0.29) is 0 Å². The maximum absolute atomic E-state index is 3.83. The monoisotopic (exact) mass is 280 g/mol. The largest absolute Gasteiger partial charge is 0.313 e. The molecule has 21 heavy (non-hydrogen) atoms. The van der Waals surface area contributed by atoms with Gasteiger partial charge in [-0.25, -0.2) is 0 Å². The standard InChI is InChI=1S/C19H24N2/c1-14-7-3-5-9-17(14)15(2)21-19-11-12-20-13-16-8-4-6-10-18(16)19/h3-10,15,19-21H,11-13H2,1-2H3/t15-,19?/m1/s1. The fraction of sp³-hybridized carbons (Fsp3) is 0.368. The van der Waals surface area contributed by atoms with Crippen molar-refractivity contribution in [2.45, 2.75) is 38.9 Å². The van der Waals surface area contributed by atoms with Crippen molar-refractivity contribution in [1.82, 2.24) is 10.6 Å². The van der Waals surface area contributed by atoms with Crippen LogP contribution in [0, 0.1) is 6.92 Å². The number of hydrogen-bond donors (Lipinski definition) is 2. The lowest BCUT2D eigenvalue weighted by molar-refractivity contribution is 0.442. The fourth-order valence-corrected chi connectivity index (χ4v) is 3.30. The lowest BCUT2D eigenvalue weighted by Crippen LogP contribution is -2.26. The average molecular weight is 280 g/mol. The van der Waals surface area contributed by atoms with Gasteiger partial charge in [-0.05, 0) is 49.1 Å². The Morgan fingerprint density at radius 3 is 2.71 bits per heavy atom. The van der Waals surface area contributed by atoms with Crippen LogP contribution in [-0.2, 0) is 6.54 Å². The molecule has 0 bridgehead atoms. The lowest BCUT2D eigenvalue weighted by atomic mass is 9.96. The zero-order chi connectivity index (χ0) is 14.7. The molecule has 0 aliphatic carbocycles. The van der Waals surface area contributed by atoms with E-state index in [0.717, 1.165) is 19.5 Å². The molecular formula is C19H24N2. The fourth-order valence-electron chi connectivity index (χ4n) is 3.30. The van der Waals surface area contributed by atoms with Gasteiger partial charge in [-0.2, -0.15) is 0 Å². The molecule has 1 unspecified atom stereocenters. The van der Waals surface area contributed by atoms with E-state index in [1.54, 1.807) is 0 Å². The normalized spacial score (nSPS) is 19.6. The summed E-state index contributed by atoms with van der Waals surface area (Å²) in [5.74, 6) is 0. The van der Waals surface area contributed by atoms with Crippen molar-refractivity contribution in [2.24, 2.45) is 0 Å². The summed E-state index contributed by atoms with van der Waals surface area (Å²) in [4.78, 5) is 0. The second-order valence-corrected chi connectivity index (χ2v) is 5.96. The van der Waals surface area contributed by atoms with Crippen LogP contribution in [0.15, 0.2) is 48.5 Å². The summed E-state index contributed by atoms with van der Waals surface area (Å²) >= 11 is 0. The van der Waals surface area contributed by atoms with Crippen LogP contribution in [0.1, 0.15) is 47.7 Å². The summed E-state index contributed by atoms with van der Waals surface area (Å²) in [6, 6.07) is 18.2. The molecule has 1 aliphatic heterocycles. The maximum Gasteiger partial charge on any atom is 0.0340 e. The minimum atomic E-state index is 0.363. The number of rotatable bonds is 3. The Hall–Kier alpha value is -1.64. The minimum absolute atomic E-state index is 0.363. The van der Waals surface area contributed by atoms with Crippen molar-refractivity contribution in [3.63, 3.8) is 0 Å². The summed E-state index contributed by atoms with van der Waals surface area (Å²) in [6.45, 7) is 6.50. The summed E-state index contributed by atoms with van der Waals surface area (Å²) in [5, 5.41) is 7.35. The van der Waals surface area contributed by atoms with E-state index in [2.05, 4.69) is 73.0 Å². The quantitative estimate of drug-likeness (QED) is 0.891. The second kappa shape index (κ2) is 6.42. The summed E-state index contributed by atoms with van der Waals surface area (Å²) < 4.78 is 0. The average Bonchev–Trinajstić information content (AvgIpc) is 2.70. The van der Waals surface area contributed by atoms with Crippen LogP contribution in [0.2, 0.25) is 0 Å². The molecule has 0 amide bonds. The first-order chi connectivity index (χ1) is 10.3. The zero-order valence-corrected chi connectivity index (χ0v) is 12.9. The second-order valence-electron chi connectivity index (χ2n) is 5.96. The van der Waals surface area contributed by atoms with Crippen LogP contribution >= 0.6 is 0 Å². The molecule has 0 fully saturated rings. The van der Waals surface area contributed by atoms with Gasteiger partial charge in [0.2, 0.25) is 0 Å². The number of benzene rings is 2. The van der Waals surface area contributed by atoms with Crippen molar-refractivity contribution >= 4 is 0 Å². The Morgan fingerprint density at radius 1 is 1.10 bits per heavy atom. The van der Waals surface area contributed by atoms with E-state index < -0.39 is 0 Å². The van der Waals surface area contributed by atoms with Gasteiger partial charge in [0, 0.05) is 18.6 Å². The predicted octanol–water partition coefficient (Wildman–Crippen LogP) is 3.88. The third-order valence-corrected chi connectivity index (χ3v) is 4.46. The Labute approximate surface area is 127 Å². The van der Waals surface area contributed by atoms with Gasteiger partial charge < -0.3 is 10.6 Å². The summed E-state index contributed by atoms with van der Waals surface area (Å²) in [5.41, 5.74) is 5.62. The van der Waals surface area contributed by atoms with Crippen LogP contribution < -0.4 is 10.6 Å². The third kappa shape index (κ3) is 3.17. The molecule has 1 aliphatic rings.